The summed E-state index contributed by atoms with van der Waals surface area (Å²) in [6.45, 7) is 0. The number of hydrogen-bond acceptors (Lipinski definition) is 3. The van der Waals surface area contributed by atoms with Crippen LogP contribution in [-0.4, -0.2) is 31.0 Å². The summed E-state index contributed by atoms with van der Waals surface area (Å²) >= 11 is 6.04. The Morgan fingerprint density at radius 1 is 1.37 bits per heavy atom. The van der Waals surface area contributed by atoms with Crippen molar-refractivity contribution in [2.45, 2.75) is 43.8 Å². The third-order valence-electron chi connectivity index (χ3n) is 3.95. The minimum absolute atomic E-state index is 0.120. The SMILES string of the molecule is COc1ccc(Cl)cc1CC1(O)CCCCC1OC. The van der Waals surface area contributed by atoms with E-state index in [0.29, 0.717) is 11.4 Å². The molecule has 0 aliphatic heterocycles. The molecule has 1 aromatic carbocycles. The second-order valence-corrected chi connectivity index (χ2v) is 5.64. The molecular weight excluding hydrogens is 264 g/mol. The number of halogens is 1. The quantitative estimate of drug-likeness (QED) is 0.923. The van der Waals surface area contributed by atoms with Gasteiger partial charge in [0, 0.05) is 18.6 Å². The number of benzene rings is 1. The minimum Gasteiger partial charge on any atom is -0.496 e. The molecule has 0 radical (unpaired) electrons. The van der Waals surface area contributed by atoms with Gasteiger partial charge in [-0.1, -0.05) is 24.4 Å². The molecule has 0 saturated heterocycles. The van der Waals surface area contributed by atoms with Crippen LogP contribution in [-0.2, 0) is 11.2 Å². The van der Waals surface area contributed by atoms with Gasteiger partial charge in [0.25, 0.3) is 0 Å². The summed E-state index contributed by atoms with van der Waals surface area (Å²) < 4.78 is 10.8. The van der Waals surface area contributed by atoms with Crippen molar-refractivity contribution in [2.24, 2.45) is 0 Å². The van der Waals surface area contributed by atoms with Gasteiger partial charge in [-0.15, -0.1) is 0 Å². The second kappa shape index (κ2) is 6.12. The zero-order valence-electron chi connectivity index (χ0n) is 11.5. The first-order valence-corrected chi connectivity index (χ1v) is 7.04. The van der Waals surface area contributed by atoms with Crippen molar-refractivity contribution in [1.82, 2.24) is 0 Å². The monoisotopic (exact) mass is 284 g/mol. The molecule has 2 rings (SSSR count). The third-order valence-corrected chi connectivity index (χ3v) is 4.18. The molecule has 1 aliphatic carbocycles. The molecule has 0 amide bonds. The second-order valence-electron chi connectivity index (χ2n) is 5.21. The maximum Gasteiger partial charge on any atom is 0.122 e. The maximum absolute atomic E-state index is 10.9. The van der Waals surface area contributed by atoms with E-state index in [1.54, 1.807) is 20.3 Å². The Bertz CT molecular complexity index is 435. The molecule has 2 unspecified atom stereocenters. The normalized spacial score (nSPS) is 27.3. The Hall–Kier alpha value is -0.770. The van der Waals surface area contributed by atoms with Crippen LogP contribution in [0.5, 0.6) is 5.75 Å². The fourth-order valence-electron chi connectivity index (χ4n) is 2.95. The van der Waals surface area contributed by atoms with Crippen LogP contribution in [0.1, 0.15) is 31.2 Å². The van der Waals surface area contributed by atoms with Crippen LogP contribution >= 0.6 is 11.6 Å². The number of hydrogen-bond donors (Lipinski definition) is 1. The lowest BCUT2D eigenvalue weighted by Crippen LogP contribution is -2.47. The largest absolute Gasteiger partial charge is 0.496 e. The smallest absolute Gasteiger partial charge is 0.122 e. The van der Waals surface area contributed by atoms with Crippen LogP contribution in [0.3, 0.4) is 0 Å². The molecule has 106 valence electrons. The van der Waals surface area contributed by atoms with Crippen molar-refractivity contribution in [3.63, 3.8) is 0 Å². The summed E-state index contributed by atoms with van der Waals surface area (Å²) in [5.74, 6) is 0.762. The molecule has 0 aromatic heterocycles. The van der Waals surface area contributed by atoms with Gasteiger partial charge in [-0.05, 0) is 36.6 Å². The van der Waals surface area contributed by atoms with E-state index in [4.69, 9.17) is 21.1 Å². The van der Waals surface area contributed by atoms with Gasteiger partial charge in [-0.3, -0.25) is 0 Å². The first kappa shape index (κ1) is 14.6. The van der Waals surface area contributed by atoms with Crippen LogP contribution in [0.2, 0.25) is 5.02 Å². The van der Waals surface area contributed by atoms with Gasteiger partial charge >= 0.3 is 0 Å². The lowest BCUT2D eigenvalue weighted by atomic mass is 9.78. The first-order chi connectivity index (χ1) is 9.09. The van der Waals surface area contributed by atoms with E-state index < -0.39 is 5.60 Å². The molecule has 1 N–H and O–H groups in total. The van der Waals surface area contributed by atoms with Crippen LogP contribution in [0.15, 0.2) is 18.2 Å². The van der Waals surface area contributed by atoms with Crippen molar-refractivity contribution < 1.29 is 14.6 Å². The van der Waals surface area contributed by atoms with Crippen molar-refractivity contribution in [2.75, 3.05) is 14.2 Å². The Labute approximate surface area is 119 Å². The zero-order valence-corrected chi connectivity index (χ0v) is 12.2. The van der Waals surface area contributed by atoms with E-state index in [9.17, 15) is 5.11 Å². The number of ether oxygens (including phenoxy) is 2. The predicted molar refractivity (Wildman–Crippen MR) is 75.9 cm³/mol. The van der Waals surface area contributed by atoms with Gasteiger partial charge < -0.3 is 14.6 Å². The van der Waals surface area contributed by atoms with Crippen molar-refractivity contribution in [3.8, 4) is 5.75 Å². The summed E-state index contributed by atoms with van der Waals surface area (Å²) in [5.41, 5.74) is 0.103. The number of aliphatic hydroxyl groups is 1. The molecule has 3 nitrogen and oxygen atoms in total. The van der Waals surface area contributed by atoms with Crippen LogP contribution in [0, 0.1) is 0 Å². The average molecular weight is 285 g/mol. The van der Waals surface area contributed by atoms with Gasteiger partial charge in [0.2, 0.25) is 0 Å². The highest BCUT2D eigenvalue weighted by Gasteiger charge is 2.39. The lowest BCUT2D eigenvalue weighted by molar-refractivity contribution is -0.116. The van der Waals surface area contributed by atoms with E-state index in [0.717, 1.165) is 37.0 Å². The lowest BCUT2D eigenvalue weighted by Gasteiger charge is -2.39. The summed E-state index contributed by atoms with van der Waals surface area (Å²) in [4.78, 5) is 0. The molecule has 4 heteroatoms. The fraction of sp³-hybridized carbons (Fsp3) is 0.600. The standard InChI is InChI=1S/C15H21ClO3/c1-18-13-7-6-12(16)9-11(13)10-15(17)8-4-3-5-14(15)19-2/h6-7,9,14,17H,3-5,8,10H2,1-2H3. The molecule has 1 saturated carbocycles. The molecule has 1 fully saturated rings. The van der Waals surface area contributed by atoms with Crippen LogP contribution < -0.4 is 4.74 Å². The third kappa shape index (κ3) is 3.22. The van der Waals surface area contributed by atoms with Gasteiger partial charge in [-0.2, -0.15) is 0 Å². The first-order valence-electron chi connectivity index (χ1n) is 6.66. The summed E-state index contributed by atoms with van der Waals surface area (Å²) in [6.07, 6.45) is 4.17. The summed E-state index contributed by atoms with van der Waals surface area (Å²) in [6, 6.07) is 5.49. The van der Waals surface area contributed by atoms with E-state index >= 15 is 0 Å². The zero-order chi connectivity index (χ0) is 13.9. The average Bonchev–Trinajstić information content (AvgIpc) is 2.39. The molecule has 1 aliphatic rings. The van der Waals surface area contributed by atoms with E-state index in [-0.39, 0.29) is 6.10 Å². The molecule has 2 atom stereocenters. The summed E-state index contributed by atoms with van der Waals surface area (Å²) in [5, 5.41) is 11.5. The molecular formula is C15H21ClO3. The Balaban J connectivity index is 2.25. The number of rotatable bonds is 4. The Morgan fingerprint density at radius 2 is 2.16 bits per heavy atom. The molecule has 0 bridgehead atoms. The molecule has 0 spiro atoms. The molecule has 19 heavy (non-hydrogen) atoms. The predicted octanol–water partition coefficient (Wildman–Crippen LogP) is 3.21. The highest BCUT2D eigenvalue weighted by molar-refractivity contribution is 6.30. The van der Waals surface area contributed by atoms with Gasteiger partial charge in [0.15, 0.2) is 0 Å². The van der Waals surface area contributed by atoms with Crippen LogP contribution in [0.25, 0.3) is 0 Å². The van der Waals surface area contributed by atoms with E-state index in [2.05, 4.69) is 0 Å². The Morgan fingerprint density at radius 3 is 2.84 bits per heavy atom. The van der Waals surface area contributed by atoms with Gasteiger partial charge in [0.1, 0.15) is 5.75 Å². The van der Waals surface area contributed by atoms with E-state index in [1.807, 2.05) is 12.1 Å². The van der Waals surface area contributed by atoms with Crippen LogP contribution in [0.4, 0.5) is 0 Å². The minimum atomic E-state index is -0.828. The Kier molecular flexibility index (Phi) is 4.71. The topological polar surface area (TPSA) is 38.7 Å². The van der Waals surface area contributed by atoms with Crippen molar-refractivity contribution in [1.29, 1.82) is 0 Å². The van der Waals surface area contributed by atoms with Gasteiger partial charge in [0.05, 0.1) is 18.8 Å². The number of methoxy groups -OCH3 is 2. The van der Waals surface area contributed by atoms with Crippen molar-refractivity contribution in [3.05, 3.63) is 28.8 Å². The highest BCUT2D eigenvalue weighted by atomic mass is 35.5. The van der Waals surface area contributed by atoms with Crippen molar-refractivity contribution >= 4 is 11.6 Å². The molecule has 0 heterocycles. The summed E-state index contributed by atoms with van der Waals surface area (Å²) in [7, 11) is 3.29. The maximum atomic E-state index is 10.9. The highest BCUT2D eigenvalue weighted by Crippen LogP contribution is 2.36. The molecule has 1 aromatic rings. The fourth-order valence-corrected chi connectivity index (χ4v) is 3.14. The van der Waals surface area contributed by atoms with Gasteiger partial charge in [-0.25, -0.2) is 0 Å². The van der Waals surface area contributed by atoms with E-state index in [1.165, 1.54) is 0 Å².